The van der Waals surface area contributed by atoms with Crippen LogP contribution in [0.1, 0.15) is 5.76 Å². The number of hydrogen-bond donors (Lipinski definition) is 1. The maximum atomic E-state index is 10.5. The van der Waals surface area contributed by atoms with Gasteiger partial charge in [-0.05, 0) is 0 Å². The highest BCUT2D eigenvalue weighted by molar-refractivity contribution is 5.69. The molecule has 0 bridgehead atoms. The molecule has 0 fully saturated rings. The lowest BCUT2D eigenvalue weighted by Crippen LogP contribution is -2.29. The number of terminal acetylenes is 1. The molecule has 5 heteroatoms. The van der Waals surface area contributed by atoms with Gasteiger partial charge in [-0.1, -0.05) is 11.1 Å². The zero-order valence-electron chi connectivity index (χ0n) is 7.51. The average molecular weight is 194 g/mol. The Morgan fingerprint density at radius 3 is 3.07 bits per heavy atom. The molecule has 0 aliphatic heterocycles. The Labute approximate surface area is 81.3 Å². The van der Waals surface area contributed by atoms with Gasteiger partial charge in [0.05, 0.1) is 25.8 Å². The van der Waals surface area contributed by atoms with E-state index in [-0.39, 0.29) is 13.1 Å². The quantitative estimate of drug-likeness (QED) is 0.678. The van der Waals surface area contributed by atoms with E-state index in [1.807, 2.05) is 0 Å². The number of aliphatic carboxylic acids is 1. The van der Waals surface area contributed by atoms with Crippen LogP contribution in [0.3, 0.4) is 0 Å². The average Bonchev–Trinajstić information content (AvgIpc) is 2.56. The van der Waals surface area contributed by atoms with Crippen LogP contribution >= 0.6 is 0 Å². The van der Waals surface area contributed by atoms with Crippen molar-refractivity contribution in [3.8, 4) is 12.3 Å². The predicted molar refractivity (Wildman–Crippen MR) is 48.2 cm³/mol. The minimum atomic E-state index is -0.917. The van der Waals surface area contributed by atoms with Crippen molar-refractivity contribution in [2.75, 3.05) is 13.1 Å². The lowest BCUT2D eigenvalue weighted by molar-refractivity contribution is -0.138. The predicted octanol–water partition coefficient (Wildman–Crippen LogP) is 0.194. The molecular weight excluding hydrogens is 184 g/mol. The van der Waals surface area contributed by atoms with Crippen LogP contribution in [0.2, 0.25) is 0 Å². The molecule has 0 saturated carbocycles. The van der Waals surface area contributed by atoms with Crippen molar-refractivity contribution in [1.29, 1.82) is 0 Å². The molecule has 0 amide bonds. The molecule has 1 aromatic rings. The van der Waals surface area contributed by atoms with Crippen LogP contribution in [0.4, 0.5) is 0 Å². The van der Waals surface area contributed by atoms with E-state index in [9.17, 15) is 4.79 Å². The maximum absolute atomic E-state index is 10.5. The molecule has 1 aromatic heterocycles. The molecule has 0 saturated heterocycles. The fraction of sp³-hybridized carbons (Fsp3) is 0.333. The standard InChI is InChI=1S/C9H10N2O3/c1-2-5-11(7-9(12)13)6-8-3-4-10-14-8/h1,3-4H,5-7H2,(H,12,13). The van der Waals surface area contributed by atoms with Gasteiger partial charge in [-0.3, -0.25) is 9.69 Å². The number of carboxylic acid groups (broad SMARTS) is 1. The number of hydrogen-bond acceptors (Lipinski definition) is 4. The van der Waals surface area contributed by atoms with Crippen LogP contribution in [0, 0.1) is 12.3 Å². The molecule has 0 radical (unpaired) electrons. The Kier molecular flexibility index (Phi) is 3.70. The summed E-state index contributed by atoms with van der Waals surface area (Å²) in [6, 6.07) is 1.67. The van der Waals surface area contributed by atoms with E-state index in [0.29, 0.717) is 12.3 Å². The maximum Gasteiger partial charge on any atom is 0.317 e. The minimum absolute atomic E-state index is 0.106. The second kappa shape index (κ2) is 5.04. The van der Waals surface area contributed by atoms with Crippen molar-refractivity contribution in [3.63, 3.8) is 0 Å². The summed E-state index contributed by atoms with van der Waals surface area (Å²) in [5.74, 6) is 2.07. The lowest BCUT2D eigenvalue weighted by atomic mass is 10.4. The first-order valence-corrected chi connectivity index (χ1v) is 3.99. The number of rotatable bonds is 5. The van der Waals surface area contributed by atoms with E-state index in [4.69, 9.17) is 16.1 Å². The first kappa shape index (κ1) is 10.3. The summed E-state index contributed by atoms with van der Waals surface area (Å²) in [6.45, 7) is 0.522. The highest BCUT2D eigenvalue weighted by Crippen LogP contribution is 2.02. The third-order valence-corrected chi connectivity index (χ3v) is 1.54. The van der Waals surface area contributed by atoms with Gasteiger partial charge >= 0.3 is 5.97 Å². The Morgan fingerprint density at radius 1 is 1.79 bits per heavy atom. The van der Waals surface area contributed by atoms with E-state index in [2.05, 4.69) is 11.1 Å². The second-order valence-corrected chi connectivity index (χ2v) is 2.72. The normalized spacial score (nSPS) is 10.0. The monoisotopic (exact) mass is 194 g/mol. The number of nitrogens with zero attached hydrogens (tertiary/aromatic N) is 2. The summed E-state index contributed by atoms with van der Waals surface area (Å²) in [7, 11) is 0. The summed E-state index contributed by atoms with van der Waals surface area (Å²) in [4.78, 5) is 12.0. The topological polar surface area (TPSA) is 66.6 Å². The Balaban J connectivity index is 2.52. The van der Waals surface area contributed by atoms with Crippen LogP contribution in [-0.2, 0) is 11.3 Å². The fourth-order valence-electron chi connectivity index (χ4n) is 1.03. The zero-order valence-corrected chi connectivity index (χ0v) is 7.51. The van der Waals surface area contributed by atoms with Crippen LogP contribution in [0.15, 0.2) is 16.8 Å². The van der Waals surface area contributed by atoms with E-state index >= 15 is 0 Å². The Bertz CT molecular complexity index is 326. The first-order valence-electron chi connectivity index (χ1n) is 3.99. The van der Waals surface area contributed by atoms with Gasteiger partial charge < -0.3 is 9.63 Å². The molecule has 0 aliphatic carbocycles. The van der Waals surface area contributed by atoms with Crippen molar-refractivity contribution in [1.82, 2.24) is 10.1 Å². The van der Waals surface area contributed by atoms with Crippen molar-refractivity contribution in [2.45, 2.75) is 6.54 Å². The largest absolute Gasteiger partial charge is 0.480 e. The van der Waals surface area contributed by atoms with Gasteiger partial charge in [-0.25, -0.2) is 0 Å². The van der Waals surface area contributed by atoms with E-state index in [1.54, 1.807) is 11.0 Å². The first-order chi connectivity index (χ1) is 6.72. The SMILES string of the molecule is C#CCN(CC(=O)O)Cc1ccno1. The molecule has 1 N–H and O–H groups in total. The van der Waals surface area contributed by atoms with E-state index < -0.39 is 5.97 Å². The van der Waals surface area contributed by atoms with Gasteiger partial charge in [0.2, 0.25) is 0 Å². The summed E-state index contributed by atoms with van der Waals surface area (Å²) in [5, 5.41) is 12.1. The van der Waals surface area contributed by atoms with Crippen LogP contribution in [0.25, 0.3) is 0 Å². The van der Waals surface area contributed by atoms with Crippen LogP contribution in [-0.4, -0.2) is 34.2 Å². The second-order valence-electron chi connectivity index (χ2n) is 2.72. The molecule has 0 aromatic carbocycles. The minimum Gasteiger partial charge on any atom is -0.480 e. The van der Waals surface area contributed by atoms with E-state index in [0.717, 1.165) is 0 Å². The molecule has 14 heavy (non-hydrogen) atoms. The van der Waals surface area contributed by atoms with Crippen molar-refractivity contribution in [3.05, 3.63) is 18.0 Å². The van der Waals surface area contributed by atoms with Crippen molar-refractivity contribution >= 4 is 5.97 Å². The third-order valence-electron chi connectivity index (χ3n) is 1.54. The molecule has 1 rings (SSSR count). The van der Waals surface area contributed by atoms with Gasteiger partial charge in [0.1, 0.15) is 0 Å². The highest BCUT2D eigenvalue weighted by Gasteiger charge is 2.10. The summed E-state index contributed by atoms with van der Waals surface area (Å²) >= 11 is 0. The summed E-state index contributed by atoms with van der Waals surface area (Å²) < 4.78 is 4.84. The molecular formula is C9H10N2O3. The fourth-order valence-corrected chi connectivity index (χ4v) is 1.03. The van der Waals surface area contributed by atoms with Gasteiger partial charge in [0.15, 0.2) is 5.76 Å². The molecule has 0 atom stereocenters. The van der Waals surface area contributed by atoms with E-state index in [1.165, 1.54) is 6.20 Å². The van der Waals surface area contributed by atoms with Gasteiger partial charge in [0, 0.05) is 6.07 Å². The number of aromatic nitrogens is 1. The molecule has 0 aliphatic rings. The Morgan fingerprint density at radius 2 is 2.57 bits per heavy atom. The molecule has 0 spiro atoms. The van der Waals surface area contributed by atoms with Crippen LogP contribution in [0.5, 0.6) is 0 Å². The van der Waals surface area contributed by atoms with Gasteiger partial charge in [-0.2, -0.15) is 0 Å². The lowest BCUT2D eigenvalue weighted by Gasteiger charge is -2.14. The summed E-state index contributed by atoms with van der Waals surface area (Å²) in [6.07, 6.45) is 6.61. The molecule has 0 unspecified atom stereocenters. The molecule has 74 valence electrons. The Hall–Kier alpha value is -1.80. The molecule has 5 nitrogen and oxygen atoms in total. The zero-order chi connectivity index (χ0) is 10.4. The van der Waals surface area contributed by atoms with Crippen molar-refractivity contribution in [2.24, 2.45) is 0 Å². The number of carbonyl (C=O) groups is 1. The van der Waals surface area contributed by atoms with Crippen molar-refractivity contribution < 1.29 is 14.4 Å². The van der Waals surface area contributed by atoms with Gasteiger partial charge in [-0.15, -0.1) is 6.42 Å². The smallest absolute Gasteiger partial charge is 0.317 e. The van der Waals surface area contributed by atoms with Gasteiger partial charge in [0.25, 0.3) is 0 Å². The highest BCUT2D eigenvalue weighted by atomic mass is 16.5. The molecule has 1 heterocycles. The van der Waals surface area contributed by atoms with Crippen LogP contribution < -0.4 is 0 Å². The summed E-state index contributed by atoms with van der Waals surface area (Å²) in [5.41, 5.74) is 0. The third kappa shape index (κ3) is 3.29. The number of carboxylic acids is 1.